The van der Waals surface area contributed by atoms with Gasteiger partial charge in [-0.05, 0) is 36.4 Å². The van der Waals surface area contributed by atoms with Crippen LogP contribution < -0.4 is 18.9 Å². The van der Waals surface area contributed by atoms with E-state index in [2.05, 4.69) is 0 Å². The molecule has 0 N–H and O–H groups in total. The van der Waals surface area contributed by atoms with Gasteiger partial charge in [0.1, 0.15) is 25.2 Å². The van der Waals surface area contributed by atoms with Crippen LogP contribution in [0.1, 0.15) is 10.4 Å². The topological polar surface area (TPSA) is 54.0 Å². The normalized spacial score (nSPS) is 10.0. The largest absolute Gasteiger partial charge is 0.493 e. The van der Waals surface area contributed by atoms with E-state index in [0.29, 0.717) is 40.2 Å². The van der Waals surface area contributed by atoms with Gasteiger partial charge in [-0.1, -0.05) is 11.6 Å². The Labute approximate surface area is 139 Å². The van der Waals surface area contributed by atoms with Crippen molar-refractivity contribution in [3.05, 3.63) is 47.0 Å². The summed E-state index contributed by atoms with van der Waals surface area (Å²) < 4.78 is 21.7. The molecule has 0 aliphatic rings. The third kappa shape index (κ3) is 4.53. The number of benzene rings is 2. The minimum atomic E-state index is 0.287. The molecule has 5 nitrogen and oxygen atoms in total. The summed E-state index contributed by atoms with van der Waals surface area (Å²) in [4.78, 5) is 10.9. The number of methoxy groups -OCH3 is 2. The fourth-order valence-electron chi connectivity index (χ4n) is 1.94. The van der Waals surface area contributed by atoms with E-state index in [-0.39, 0.29) is 6.61 Å². The van der Waals surface area contributed by atoms with Gasteiger partial charge in [-0.2, -0.15) is 0 Å². The van der Waals surface area contributed by atoms with Crippen LogP contribution in [-0.2, 0) is 0 Å². The Hall–Kier alpha value is -2.40. The van der Waals surface area contributed by atoms with Gasteiger partial charge in [0.15, 0.2) is 11.5 Å². The Balaban J connectivity index is 1.99. The van der Waals surface area contributed by atoms with Crippen molar-refractivity contribution in [2.45, 2.75) is 0 Å². The molecule has 0 bridgehead atoms. The summed E-state index contributed by atoms with van der Waals surface area (Å²) >= 11 is 5.81. The van der Waals surface area contributed by atoms with Crippen LogP contribution >= 0.6 is 11.6 Å². The average molecular weight is 337 g/mol. The molecule has 0 heterocycles. The monoisotopic (exact) mass is 336 g/mol. The maximum atomic E-state index is 10.9. The molecule has 0 saturated heterocycles. The number of halogens is 1. The van der Waals surface area contributed by atoms with Crippen LogP contribution in [0.4, 0.5) is 0 Å². The molecule has 23 heavy (non-hydrogen) atoms. The molecular formula is C17H17ClO5. The summed E-state index contributed by atoms with van der Waals surface area (Å²) in [6, 6.07) is 10.2. The third-order valence-corrected chi connectivity index (χ3v) is 3.28. The second kappa shape index (κ2) is 8.29. The second-order valence-electron chi connectivity index (χ2n) is 4.52. The quantitative estimate of drug-likeness (QED) is 0.544. The molecule has 0 amide bonds. The fourth-order valence-corrected chi connectivity index (χ4v) is 2.07. The lowest BCUT2D eigenvalue weighted by molar-refractivity contribution is 0.112. The van der Waals surface area contributed by atoms with Crippen molar-refractivity contribution < 1.29 is 23.7 Å². The molecule has 122 valence electrons. The van der Waals surface area contributed by atoms with Crippen molar-refractivity contribution in [3.8, 4) is 23.0 Å². The van der Waals surface area contributed by atoms with E-state index < -0.39 is 0 Å². The van der Waals surface area contributed by atoms with E-state index in [1.54, 1.807) is 36.4 Å². The van der Waals surface area contributed by atoms with Gasteiger partial charge in [-0.15, -0.1) is 0 Å². The number of rotatable bonds is 8. The maximum absolute atomic E-state index is 10.9. The van der Waals surface area contributed by atoms with Crippen LogP contribution in [0.3, 0.4) is 0 Å². The molecule has 0 aliphatic heterocycles. The lowest BCUT2D eigenvalue weighted by Gasteiger charge is -2.15. The van der Waals surface area contributed by atoms with Crippen molar-refractivity contribution in [2.24, 2.45) is 0 Å². The third-order valence-electron chi connectivity index (χ3n) is 3.03. The average Bonchev–Trinajstić information content (AvgIpc) is 2.59. The molecule has 2 rings (SSSR count). The number of aldehydes is 1. The van der Waals surface area contributed by atoms with Gasteiger partial charge in [0.25, 0.3) is 0 Å². The zero-order valence-corrected chi connectivity index (χ0v) is 13.6. The van der Waals surface area contributed by atoms with Crippen molar-refractivity contribution in [1.29, 1.82) is 0 Å². The highest BCUT2D eigenvalue weighted by Crippen LogP contribution is 2.38. The van der Waals surface area contributed by atoms with E-state index in [4.69, 9.17) is 30.5 Å². The van der Waals surface area contributed by atoms with Gasteiger partial charge in [-0.25, -0.2) is 0 Å². The number of carbonyl (C=O) groups excluding carboxylic acids is 1. The predicted octanol–water partition coefficient (Wildman–Crippen LogP) is 3.63. The fraction of sp³-hybridized carbons (Fsp3) is 0.235. The van der Waals surface area contributed by atoms with E-state index in [9.17, 15) is 4.79 Å². The van der Waals surface area contributed by atoms with Crippen LogP contribution in [-0.4, -0.2) is 33.7 Å². The minimum absolute atomic E-state index is 0.287. The first kappa shape index (κ1) is 17.0. The molecule has 0 unspecified atom stereocenters. The first-order valence-corrected chi connectivity index (χ1v) is 7.28. The number of carbonyl (C=O) groups is 1. The molecule has 0 radical (unpaired) electrons. The summed E-state index contributed by atoms with van der Waals surface area (Å²) in [6.45, 7) is 0.624. The lowest BCUT2D eigenvalue weighted by atomic mass is 10.2. The summed E-state index contributed by atoms with van der Waals surface area (Å²) in [7, 11) is 3.00. The summed E-state index contributed by atoms with van der Waals surface area (Å²) in [6.07, 6.45) is 0.721. The van der Waals surface area contributed by atoms with Gasteiger partial charge < -0.3 is 18.9 Å². The Bertz CT molecular complexity index is 630. The Morgan fingerprint density at radius 1 is 0.957 bits per heavy atom. The van der Waals surface area contributed by atoms with Gasteiger partial charge in [0, 0.05) is 10.6 Å². The van der Waals surface area contributed by atoms with E-state index in [0.717, 1.165) is 6.29 Å². The molecule has 0 fully saturated rings. The summed E-state index contributed by atoms with van der Waals surface area (Å²) in [5.74, 6) is 1.99. The van der Waals surface area contributed by atoms with E-state index >= 15 is 0 Å². The Morgan fingerprint density at radius 3 is 2.04 bits per heavy atom. The van der Waals surface area contributed by atoms with E-state index in [1.165, 1.54) is 14.2 Å². The molecule has 0 atom stereocenters. The highest BCUT2D eigenvalue weighted by atomic mass is 35.5. The zero-order valence-electron chi connectivity index (χ0n) is 12.9. The smallest absolute Gasteiger partial charge is 0.203 e. The summed E-state index contributed by atoms with van der Waals surface area (Å²) in [5, 5.41) is 0.651. The van der Waals surface area contributed by atoms with E-state index in [1.807, 2.05) is 0 Å². The Morgan fingerprint density at radius 2 is 1.52 bits per heavy atom. The van der Waals surface area contributed by atoms with Gasteiger partial charge in [-0.3, -0.25) is 4.79 Å². The highest BCUT2D eigenvalue weighted by Gasteiger charge is 2.14. The SMILES string of the molecule is COc1cc(C=O)cc(OC)c1OCCOc1ccc(Cl)cc1. The molecular weight excluding hydrogens is 320 g/mol. The predicted molar refractivity (Wildman–Crippen MR) is 87.4 cm³/mol. The maximum Gasteiger partial charge on any atom is 0.203 e. The van der Waals surface area contributed by atoms with Crippen molar-refractivity contribution in [1.82, 2.24) is 0 Å². The Kier molecular flexibility index (Phi) is 6.11. The van der Waals surface area contributed by atoms with Crippen molar-refractivity contribution in [2.75, 3.05) is 27.4 Å². The number of ether oxygens (including phenoxy) is 4. The van der Waals surface area contributed by atoms with Crippen LogP contribution in [0.5, 0.6) is 23.0 Å². The first-order valence-electron chi connectivity index (χ1n) is 6.90. The van der Waals surface area contributed by atoms with Gasteiger partial charge >= 0.3 is 0 Å². The van der Waals surface area contributed by atoms with Gasteiger partial charge in [0.2, 0.25) is 5.75 Å². The number of hydrogen-bond donors (Lipinski definition) is 0. The van der Waals surface area contributed by atoms with Crippen LogP contribution in [0.15, 0.2) is 36.4 Å². The first-order chi connectivity index (χ1) is 11.2. The molecule has 6 heteroatoms. The molecule has 0 aromatic heterocycles. The molecule has 0 aliphatic carbocycles. The molecule has 2 aromatic carbocycles. The highest BCUT2D eigenvalue weighted by molar-refractivity contribution is 6.30. The minimum Gasteiger partial charge on any atom is -0.493 e. The van der Waals surface area contributed by atoms with Crippen LogP contribution in [0, 0.1) is 0 Å². The zero-order chi connectivity index (χ0) is 16.7. The van der Waals surface area contributed by atoms with Crippen molar-refractivity contribution >= 4 is 17.9 Å². The second-order valence-corrected chi connectivity index (χ2v) is 4.96. The molecule has 2 aromatic rings. The van der Waals surface area contributed by atoms with Gasteiger partial charge in [0.05, 0.1) is 14.2 Å². The lowest BCUT2D eigenvalue weighted by Crippen LogP contribution is -2.10. The standard InChI is InChI=1S/C17H17ClO5/c1-20-15-9-12(11-19)10-16(21-2)17(15)23-8-7-22-14-5-3-13(18)4-6-14/h3-6,9-11H,7-8H2,1-2H3. The summed E-state index contributed by atoms with van der Waals surface area (Å²) in [5.41, 5.74) is 0.448. The van der Waals surface area contributed by atoms with Crippen molar-refractivity contribution in [3.63, 3.8) is 0 Å². The molecule has 0 saturated carbocycles. The van der Waals surface area contributed by atoms with Crippen LogP contribution in [0.25, 0.3) is 0 Å². The number of hydrogen-bond acceptors (Lipinski definition) is 5. The van der Waals surface area contributed by atoms with Crippen LogP contribution in [0.2, 0.25) is 5.02 Å². The molecule has 0 spiro atoms.